The van der Waals surface area contributed by atoms with Gasteiger partial charge in [-0.05, 0) is 0 Å². The molecule has 4 heteroatoms. The first-order chi connectivity index (χ1) is 10.7. The Morgan fingerprint density at radius 3 is 1.13 bits per heavy atom. The first-order valence-corrected chi connectivity index (χ1v) is 18.6. The zero-order chi connectivity index (χ0) is 17.1. The van der Waals surface area contributed by atoms with Gasteiger partial charge in [0.1, 0.15) is 0 Å². The van der Waals surface area contributed by atoms with Crippen LogP contribution in [0.5, 0.6) is 0 Å². The van der Waals surface area contributed by atoms with E-state index < -0.39 is 16.1 Å². The average molecular weight is 471 g/mol. The quantitative estimate of drug-likeness (QED) is 0.562. The monoisotopic (exact) mass is 472 g/mol. The summed E-state index contributed by atoms with van der Waals surface area (Å²) in [4.78, 5) is 0. The first kappa shape index (κ1) is 19.2. The predicted molar refractivity (Wildman–Crippen MR) is 113 cm³/mol. The van der Waals surface area contributed by atoms with Gasteiger partial charge in [-0.15, -0.1) is 0 Å². The Morgan fingerprint density at radius 1 is 0.565 bits per heavy atom. The van der Waals surface area contributed by atoms with Crippen molar-refractivity contribution in [1.29, 1.82) is 0 Å². The Bertz CT molecular complexity index is 556. The van der Waals surface area contributed by atoms with Gasteiger partial charge in [0.15, 0.2) is 0 Å². The summed E-state index contributed by atoms with van der Waals surface area (Å²) < 4.78 is 3.76. The third kappa shape index (κ3) is 4.51. The summed E-state index contributed by atoms with van der Waals surface area (Å²) in [5.74, 6) is 0. The second-order valence-corrected chi connectivity index (χ2v) is 28.9. The zero-order valence-corrected chi connectivity index (χ0v) is 20.5. The van der Waals surface area contributed by atoms with Gasteiger partial charge in [0.2, 0.25) is 0 Å². The minimum atomic E-state index is -1.32. The normalized spacial score (nSPS) is 13.1. The van der Waals surface area contributed by atoms with Crippen LogP contribution in [0.4, 0.5) is 0 Å². The topological polar surface area (TPSA) is 0 Å². The number of hydrogen-bond donors (Lipinski definition) is 0. The SMILES string of the molecule is C[Si](C)(C)C([Se]c1ccccc1)([Se]c1ccccc1)[Si](C)(C)C. The van der Waals surface area contributed by atoms with Gasteiger partial charge >= 0.3 is 157 Å². The average Bonchev–Trinajstić information content (AvgIpc) is 2.46. The maximum atomic E-state index is 2.61. The van der Waals surface area contributed by atoms with Crippen LogP contribution in [0, 0.1) is 0 Å². The molecule has 0 bridgehead atoms. The number of hydrogen-bond acceptors (Lipinski definition) is 0. The van der Waals surface area contributed by atoms with Crippen LogP contribution in [0.1, 0.15) is 0 Å². The first-order valence-electron chi connectivity index (χ1n) is 8.14. The number of benzene rings is 2. The number of rotatable bonds is 6. The maximum absolute atomic E-state index is 2.61. The van der Waals surface area contributed by atoms with Crippen LogP contribution in [0.2, 0.25) is 41.7 Å². The summed E-state index contributed by atoms with van der Waals surface area (Å²) in [6, 6.07) is 22.6. The van der Waals surface area contributed by atoms with Crippen LogP contribution in [0.3, 0.4) is 0 Å². The molecule has 2 aromatic rings. The van der Waals surface area contributed by atoms with Crippen molar-refractivity contribution in [2.24, 2.45) is 0 Å². The zero-order valence-electron chi connectivity index (χ0n) is 15.1. The van der Waals surface area contributed by atoms with E-state index in [1.807, 2.05) is 0 Å². The molecule has 0 nitrogen and oxygen atoms in total. The Hall–Kier alpha value is -0.0873. The van der Waals surface area contributed by atoms with Crippen LogP contribution < -0.4 is 8.92 Å². The van der Waals surface area contributed by atoms with Crippen molar-refractivity contribution in [2.75, 3.05) is 0 Å². The van der Waals surface area contributed by atoms with Gasteiger partial charge in [-0.1, -0.05) is 0 Å². The van der Waals surface area contributed by atoms with Crippen LogP contribution in [-0.4, -0.2) is 46.1 Å². The third-order valence-corrected chi connectivity index (χ3v) is 35.1. The van der Waals surface area contributed by atoms with E-state index in [0.717, 1.165) is 0 Å². The van der Waals surface area contributed by atoms with E-state index in [0.29, 0.717) is 32.4 Å². The Labute approximate surface area is 156 Å². The fourth-order valence-electron chi connectivity index (χ4n) is 3.07. The van der Waals surface area contributed by atoms with E-state index in [4.69, 9.17) is 0 Å². The van der Waals surface area contributed by atoms with Crippen molar-refractivity contribution < 1.29 is 0 Å². The molecule has 0 unspecified atom stereocenters. The summed E-state index contributed by atoms with van der Waals surface area (Å²) in [5.41, 5.74) is 0. The molecule has 0 spiro atoms. The Kier molecular flexibility index (Phi) is 6.22. The molecule has 0 N–H and O–H groups in total. The summed E-state index contributed by atoms with van der Waals surface area (Å²) in [6.45, 7) is 15.7. The van der Waals surface area contributed by atoms with Crippen molar-refractivity contribution in [2.45, 2.75) is 41.7 Å². The molecule has 0 aliphatic rings. The molecule has 0 aliphatic carbocycles. The molecule has 0 radical (unpaired) electrons. The van der Waals surface area contributed by atoms with Gasteiger partial charge in [-0.25, -0.2) is 0 Å². The predicted octanol–water partition coefficient (Wildman–Crippen LogP) is 3.92. The van der Waals surface area contributed by atoms with E-state index in [-0.39, 0.29) is 0 Å². The molecule has 2 rings (SSSR count). The molecule has 2 aromatic carbocycles. The van der Waals surface area contributed by atoms with Crippen molar-refractivity contribution in [3.8, 4) is 0 Å². The second kappa shape index (κ2) is 7.43. The van der Waals surface area contributed by atoms with Crippen LogP contribution in [-0.2, 0) is 0 Å². The molecule has 0 saturated heterocycles. The molecule has 0 saturated carbocycles. The molecule has 0 atom stereocenters. The van der Waals surface area contributed by atoms with E-state index in [9.17, 15) is 0 Å². The van der Waals surface area contributed by atoms with Crippen molar-refractivity contribution in [3.05, 3.63) is 60.7 Å². The van der Waals surface area contributed by atoms with Crippen molar-refractivity contribution >= 4 is 55.0 Å². The van der Waals surface area contributed by atoms with E-state index in [2.05, 4.69) is 99.9 Å². The summed E-state index contributed by atoms with van der Waals surface area (Å²) in [6.07, 6.45) is 0. The van der Waals surface area contributed by atoms with Gasteiger partial charge in [0, 0.05) is 0 Å². The molecule has 0 amide bonds. The van der Waals surface area contributed by atoms with Gasteiger partial charge in [0.25, 0.3) is 0 Å². The van der Waals surface area contributed by atoms with Crippen LogP contribution in [0.15, 0.2) is 60.7 Å². The molecule has 124 valence electrons. The van der Waals surface area contributed by atoms with Crippen LogP contribution >= 0.6 is 0 Å². The molecule has 0 aromatic heterocycles. The molecule has 0 aliphatic heterocycles. The summed E-state index contributed by atoms with van der Waals surface area (Å²) in [5, 5.41) is 0. The standard InChI is InChI=1S/C19H28Se2Si2/c1-22(2,3)19(23(4,5)6,20-17-13-9-7-10-14-17)21-18-15-11-8-12-16-18/h7-16H,1-6H3. The van der Waals surface area contributed by atoms with E-state index in [1.54, 1.807) is 8.92 Å². The Balaban J connectivity index is 2.51. The fraction of sp³-hybridized carbons (Fsp3) is 0.368. The van der Waals surface area contributed by atoms with Gasteiger partial charge < -0.3 is 0 Å². The van der Waals surface area contributed by atoms with Crippen LogP contribution in [0.25, 0.3) is 0 Å². The summed E-state index contributed by atoms with van der Waals surface area (Å²) in [7, 11) is -2.64. The van der Waals surface area contributed by atoms with E-state index in [1.165, 1.54) is 0 Å². The van der Waals surface area contributed by atoms with Crippen molar-refractivity contribution in [1.82, 2.24) is 0 Å². The van der Waals surface area contributed by atoms with Crippen molar-refractivity contribution in [3.63, 3.8) is 0 Å². The molecule has 0 heterocycles. The van der Waals surface area contributed by atoms with Gasteiger partial charge in [-0.2, -0.15) is 0 Å². The minimum absolute atomic E-state index is 0.555. The van der Waals surface area contributed by atoms with Gasteiger partial charge in [0.05, 0.1) is 0 Å². The summed E-state index contributed by atoms with van der Waals surface area (Å²) >= 11 is 1.11. The van der Waals surface area contributed by atoms with Gasteiger partial charge in [-0.3, -0.25) is 0 Å². The second-order valence-electron chi connectivity index (χ2n) is 7.95. The molecule has 23 heavy (non-hydrogen) atoms. The van der Waals surface area contributed by atoms with E-state index >= 15 is 0 Å². The molecular weight excluding hydrogens is 442 g/mol. The fourth-order valence-corrected chi connectivity index (χ4v) is 28.7. The molecule has 0 fully saturated rings. The third-order valence-electron chi connectivity index (χ3n) is 3.98. The Morgan fingerprint density at radius 2 is 0.870 bits per heavy atom. The molecular formula is C19H28Se2Si2.